The summed E-state index contributed by atoms with van der Waals surface area (Å²) in [6.45, 7) is 0. The molecule has 0 radical (unpaired) electrons. The topological polar surface area (TPSA) is 74.8 Å². The highest BCUT2D eigenvalue weighted by atomic mass is 79.9. The number of H-pyrrole nitrogens is 1. The molecule has 8 heteroatoms. The van der Waals surface area contributed by atoms with Crippen molar-refractivity contribution in [1.29, 1.82) is 0 Å². The monoisotopic (exact) mass is 485 g/mol. The Morgan fingerprint density at radius 3 is 2.63 bits per heavy atom. The average Bonchev–Trinajstić information content (AvgIpc) is 3.10. The number of halogens is 2. The van der Waals surface area contributed by atoms with Crippen molar-refractivity contribution >= 4 is 54.8 Å². The van der Waals surface area contributed by atoms with Gasteiger partial charge in [-0.2, -0.15) is 0 Å². The number of hydrogen-bond acceptors (Lipinski definition) is 3. The van der Waals surface area contributed by atoms with Gasteiger partial charge in [-0.15, -0.1) is 0 Å². The number of rotatable bonds is 5. The standard InChI is InChI=1S/C22H17BrFN3O2S/c1-30(28,29)27-19-5-3-2-4-16(19)15-8-10-20-21(13-15)26-22(25-20)11-7-14-6-9-18(24)17(23)12-14/h2-13,27H,1H3,(H,25,26)/b11-7+. The smallest absolute Gasteiger partial charge is 0.229 e. The third kappa shape index (κ3) is 4.60. The molecule has 0 aliphatic carbocycles. The minimum Gasteiger partial charge on any atom is -0.338 e. The number of aromatic nitrogens is 2. The predicted octanol–water partition coefficient (Wildman–Crippen LogP) is 5.67. The highest BCUT2D eigenvalue weighted by Crippen LogP contribution is 2.30. The van der Waals surface area contributed by atoms with E-state index in [4.69, 9.17) is 0 Å². The number of nitrogens with zero attached hydrogens (tertiary/aromatic N) is 1. The molecule has 152 valence electrons. The van der Waals surface area contributed by atoms with Crippen molar-refractivity contribution in [3.05, 3.63) is 82.3 Å². The Labute approximate surface area is 181 Å². The fourth-order valence-electron chi connectivity index (χ4n) is 3.09. The molecule has 0 unspecified atom stereocenters. The molecule has 30 heavy (non-hydrogen) atoms. The van der Waals surface area contributed by atoms with Gasteiger partial charge in [0.25, 0.3) is 0 Å². The van der Waals surface area contributed by atoms with Crippen LogP contribution in [0.3, 0.4) is 0 Å². The van der Waals surface area contributed by atoms with Crippen LogP contribution in [0.25, 0.3) is 34.3 Å². The second-order valence-corrected chi connectivity index (χ2v) is 9.38. The molecule has 0 fully saturated rings. The Morgan fingerprint density at radius 1 is 1.07 bits per heavy atom. The summed E-state index contributed by atoms with van der Waals surface area (Å²) in [5.41, 5.74) is 4.59. The molecule has 0 bridgehead atoms. The molecule has 2 N–H and O–H groups in total. The van der Waals surface area contributed by atoms with E-state index in [-0.39, 0.29) is 5.82 Å². The summed E-state index contributed by atoms with van der Waals surface area (Å²) in [7, 11) is -3.39. The van der Waals surface area contributed by atoms with E-state index < -0.39 is 10.0 Å². The van der Waals surface area contributed by atoms with Crippen molar-refractivity contribution in [2.75, 3.05) is 11.0 Å². The van der Waals surface area contributed by atoms with Crippen LogP contribution in [0.15, 0.2) is 65.1 Å². The number of sulfonamides is 1. The maximum atomic E-state index is 13.4. The molecule has 0 atom stereocenters. The number of anilines is 1. The molecular formula is C22H17BrFN3O2S. The lowest BCUT2D eigenvalue weighted by molar-refractivity contribution is 0.607. The van der Waals surface area contributed by atoms with E-state index in [1.165, 1.54) is 6.07 Å². The summed E-state index contributed by atoms with van der Waals surface area (Å²) in [5, 5.41) is 0. The van der Waals surface area contributed by atoms with Gasteiger partial charge in [-0.25, -0.2) is 17.8 Å². The van der Waals surface area contributed by atoms with E-state index in [1.807, 2.05) is 42.5 Å². The summed E-state index contributed by atoms with van der Waals surface area (Å²) in [6.07, 6.45) is 4.78. The molecule has 4 aromatic rings. The van der Waals surface area contributed by atoms with Crippen LogP contribution in [0.2, 0.25) is 0 Å². The van der Waals surface area contributed by atoms with Crippen molar-refractivity contribution in [1.82, 2.24) is 9.97 Å². The van der Waals surface area contributed by atoms with Gasteiger partial charge in [0.15, 0.2) is 0 Å². The molecule has 1 heterocycles. The molecule has 0 aliphatic heterocycles. The zero-order valence-corrected chi connectivity index (χ0v) is 18.3. The van der Waals surface area contributed by atoms with Crippen LogP contribution in [0.5, 0.6) is 0 Å². The van der Waals surface area contributed by atoms with Gasteiger partial charge in [-0.1, -0.05) is 36.4 Å². The zero-order valence-electron chi connectivity index (χ0n) is 15.9. The van der Waals surface area contributed by atoms with Gasteiger partial charge >= 0.3 is 0 Å². The van der Waals surface area contributed by atoms with Crippen molar-refractivity contribution in [2.24, 2.45) is 0 Å². The number of fused-ring (bicyclic) bond motifs is 1. The summed E-state index contributed by atoms with van der Waals surface area (Å²) in [4.78, 5) is 7.79. The predicted molar refractivity (Wildman–Crippen MR) is 123 cm³/mol. The number of para-hydroxylation sites is 1. The highest BCUT2D eigenvalue weighted by Gasteiger charge is 2.10. The van der Waals surface area contributed by atoms with E-state index in [9.17, 15) is 12.8 Å². The largest absolute Gasteiger partial charge is 0.338 e. The highest BCUT2D eigenvalue weighted by molar-refractivity contribution is 9.10. The van der Waals surface area contributed by atoms with Crippen LogP contribution in [-0.2, 0) is 10.0 Å². The van der Waals surface area contributed by atoms with Crippen molar-refractivity contribution in [3.63, 3.8) is 0 Å². The van der Waals surface area contributed by atoms with Crippen molar-refractivity contribution in [2.45, 2.75) is 0 Å². The molecular weight excluding hydrogens is 469 g/mol. The van der Waals surface area contributed by atoms with Gasteiger partial charge in [0.05, 0.1) is 27.4 Å². The lowest BCUT2D eigenvalue weighted by atomic mass is 10.0. The van der Waals surface area contributed by atoms with Gasteiger partial charge in [0, 0.05) is 5.56 Å². The third-order valence-electron chi connectivity index (χ3n) is 4.41. The van der Waals surface area contributed by atoms with Crippen LogP contribution >= 0.6 is 15.9 Å². The Balaban J connectivity index is 1.67. The SMILES string of the molecule is CS(=O)(=O)Nc1ccccc1-c1ccc2nc(/C=C/c3ccc(F)c(Br)c3)[nH]c2c1. The van der Waals surface area contributed by atoms with Crippen LogP contribution in [0, 0.1) is 5.82 Å². The van der Waals surface area contributed by atoms with E-state index in [1.54, 1.807) is 24.3 Å². The van der Waals surface area contributed by atoms with Gasteiger partial charge in [-0.05, 0) is 63.5 Å². The quantitative estimate of drug-likeness (QED) is 0.382. The van der Waals surface area contributed by atoms with Crippen molar-refractivity contribution in [3.8, 4) is 11.1 Å². The molecule has 0 saturated heterocycles. The number of benzene rings is 3. The Kier molecular flexibility index (Phi) is 5.44. The first-order chi connectivity index (χ1) is 14.3. The number of nitrogens with one attached hydrogen (secondary N) is 2. The van der Waals surface area contributed by atoms with Crippen molar-refractivity contribution < 1.29 is 12.8 Å². The zero-order chi connectivity index (χ0) is 21.3. The fraction of sp³-hybridized carbons (Fsp3) is 0.0455. The van der Waals surface area contributed by atoms with Gasteiger partial charge in [0.1, 0.15) is 11.6 Å². The van der Waals surface area contributed by atoms with Gasteiger partial charge in [-0.3, -0.25) is 4.72 Å². The minimum atomic E-state index is -3.39. The molecule has 5 nitrogen and oxygen atoms in total. The molecule has 4 rings (SSSR count). The number of imidazole rings is 1. The fourth-order valence-corrected chi connectivity index (χ4v) is 4.06. The van der Waals surface area contributed by atoms with Gasteiger partial charge in [0.2, 0.25) is 10.0 Å². The number of aromatic amines is 1. The molecule has 0 aliphatic rings. The second-order valence-electron chi connectivity index (χ2n) is 6.78. The Morgan fingerprint density at radius 2 is 1.87 bits per heavy atom. The maximum absolute atomic E-state index is 13.4. The average molecular weight is 486 g/mol. The normalized spacial score (nSPS) is 12.0. The molecule has 0 saturated carbocycles. The summed E-state index contributed by atoms with van der Waals surface area (Å²) in [5.74, 6) is 0.346. The number of hydrogen-bond donors (Lipinski definition) is 2. The minimum absolute atomic E-state index is 0.311. The van der Waals surface area contributed by atoms with E-state index in [2.05, 4.69) is 30.6 Å². The summed E-state index contributed by atoms with van der Waals surface area (Å²) in [6, 6.07) is 17.7. The maximum Gasteiger partial charge on any atom is 0.229 e. The molecule has 0 amide bonds. The van der Waals surface area contributed by atoms with Crippen LogP contribution in [0.4, 0.5) is 10.1 Å². The van der Waals surface area contributed by atoms with Crippen LogP contribution in [0.1, 0.15) is 11.4 Å². The molecule has 1 aromatic heterocycles. The van der Waals surface area contributed by atoms with E-state index in [0.717, 1.165) is 34.0 Å². The first-order valence-corrected chi connectivity index (χ1v) is 11.7. The Bertz CT molecular complexity index is 1380. The second kappa shape index (κ2) is 8.04. The first kappa shape index (κ1) is 20.3. The van der Waals surface area contributed by atoms with E-state index >= 15 is 0 Å². The summed E-state index contributed by atoms with van der Waals surface area (Å²) < 4.78 is 39.7. The molecule has 3 aromatic carbocycles. The van der Waals surface area contributed by atoms with Crippen LogP contribution < -0.4 is 4.72 Å². The first-order valence-electron chi connectivity index (χ1n) is 8.98. The molecule has 0 spiro atoms. The lowest BCUT2D eigenvalue weighted by Gasteiger charge is -2.10. The van der Waals surface area contributed by atoms with Gasteiger partial charge < -0.3 is 4.98 Å². The lowest BCUT2D eigenvalue weighted by Crippen LogP contribution is -2.10. The van der Waals surface area contributed by atoms with E-state index in [0.29, 0.717) is 16.0 Å². The van der Waals surface area contributed by atoms with Crippen LogP contribution in [-0.4, -0.2) is 24.6 Å². The Hall–Kier alpha value is -2.97. The third-order valence-corrected chi connectivity index (χ3v) is 5.61. The summed E-state index contributed by atoms with van der Waals surface area (Å²) >= 11 is 3.18.